The van der Waals surface area contributed by atoms with Crippen LogP contribution in [-0.4, -0.2) is 30.6 Å². The molecule has 0 bridgehead atoms. The average Bonchev–Trinajstić information content (AvgIpc) is 3.49. The van der Waals surface area contributed by atoms with E-state index in [1.165, 1.54) is 18.4 Å². The van der Waals surface area contributed by atoms with Gasteiger partial charge in [0.25, 0.3) is 0 Å². The van der Waals surface area contributed by atoms with Crippen LogP contribution in [0.5, 0.6) is 11.5 Å². The summed E-state index contributed by atoms with van der Waals surface area (Å²) in [5.74, 6) is 3.66. The Morgan fingerprint density at radius 1 is 1.00 bits per heavy atom. The molecule has 5 heteroatoms. The number of oxazole rings is 1. The molecular formula is C24H28N2O3. The number of methoxy groups -OCH3 is 2. The Kier molecular flexibility index (Phi) is 5.86. The maximum absolute atomic E-state index is 6.01. The number of aromatic nitrogens is 1. The van der Waals surface area contributed by atoms with E-state index in [4.69, 9.17) is 18.9 Å². The number of aryl methyl sites for hydroxylation is 1. The van der Waals surface area contributed by atoms with Crippen molar-refractivity contribution in [3.8, 4) is 23.0 Å². The van der Waals surface area contributed by atoms with E-state index in [0.717, 1.165) is 42.6 Å². The number of nitrogens with zero attached hydrogens (tertiary/aromatic N) is 2. The minimum absolute atomic E-state index is 0.615. The van der Waals surface area contributed by atoms with E-state index in [-0.39, 0.29) is 0 Å². The molecule has 0 amide bonds. The van der Waals surface area contributed by atoms with Crippen LogP contribution in [0.4, 0.5) is 0 Å². The van der Waals surface area contributed by atoms with E-state index in [1.54, 1.807) is 14.2 Å². The van der Waals surface area contributed by atoms with Crippen LogP contribution in [0.25, 0.3) is 11.5 Å². The number of benzene rings is 2. The molecule has 0 unspecified atom stereocenters. The van der Waals surface area contributed by atoms with E-state index in [9.17, 15) is 0 Å². The molecule has 1 saturated carbocycles. The summed E-state index contributed by atoms with van der Waals surface area (Å²) in [6.07, 6.45) is 2.67. The predicted molar refractivity (Wildman–Crippen MR) is 113 cm³/mol. The standard InChI is InChI=1S/C24H28N2O3/c1-17-21(16-26(15-19-9-10-19)14-18-7-5-4-6-8-18)25-24(29-17)20-11-12-22(27-2)23(13-20)28-3/h4-8,11-13,19H,9-10,14-16H2,1-3H3. The molecule has 152 valence electrons. The zero-order valence-corrected chi connectivity index (χ0v) is 17.4. The smallest absolute Gasteiger partial charge is 0.226 e. The Balaban J connectivity index is 1.54. The fourth-order valence-corrected chi connectivity index (χ4v) is 3.57. The van der Waals surface area contributed by atoms with Crippen LogP contribution in [0, 0.1) is 12.8 Å². The highest BCUT2D eigenvalue weighted by Gasteiger charge is 2.25. The van der Waals surface area contributed by atoms with Crippen LogP contribution < -0.4 is 9.47 Å². The zero-order valence-electron chi connectivity index (χ0n) is 17.4. The van der Waals surface area contributed by atoms with Gasteiger partial charge >= 0.3 is 0 Å². The fraction of sp³-hybridized carbons (Fsp3) is 0.375. The van der Waals surface area contributed by atoms with Crippen LogP contribution in [0.3, 0.4) is 0 Å². The topological polar surface area (TPSA) is 47.7 Å². The predicted octanol–water partition coefficient (Wildman–Crippen LogP) is 5.08. The summed E-state index contributed by atoms with van der Waals surface area (Å²) < 4.78 is 16.8. The highest BCUT2D eigenvalue weighted by molar-refractivity contribution is 5.60. The molecule has 29 heavy (non-hydrogen) atoms. The molecule has 1 aromatic heterocycles. The molecule has 2 aromatic carbocycles. The fourth-order valence-electron chi connectivity index (χ4n) is 3.57. The Bertz CT molecular complexity index is 948. The summed E-state index contributed by atoms with van der Waals surface area (Å²) in [7, 11) is 3.26. The number of hydrogen-bond donors (Lipinski definition) is 0. The highest BCUT2D eigenvalue weighted by Crippen LogP contribution is 2.34. The Labute approximate surface area is 172 Å². The zero-order chi connectivity index (χ0) is 20.2. The molecular weight excluding hydrogens is 364 g/mol. The Morgan fingerprint density at radius 3 is 2.45 bits per heavy atom. The average molecular weight is 392 g/mol. The first kappa shape index (κ1) is 19.5. The summed E-state index contributed by atoms with van der Waals surface area (Å²) in [5.41, 5.74) is 3.20. The van der Waals surface area contributed by atoms with Gasteiger partial charge in [-0.15, -0.1) is 0 Å². The van der Waals surface area contributed by atoms with Crippen molar-refractivity contribution in [1.29, 1.82) is 0 Å². The van der Waals surface area contributed by atoms with Gasteiger partial charge in [-0.3, -0.25) is 4.90 Å². The molecule has 0 N–H and O–H groups in total. The van der Waals surface area contributed by atoms with Gasteiger partial charge in [-0.25, -0.2) is 4.98 Å². The van der Waals surface area contributed by atoms with Crippen molar-refractivity contribution in [1.82, 2.24) is 9.88 Å². The van der Waals surface area contributed by atoms with Gasteiger partial charge in [-0.2, -0.15) is 0 Å². The normalized spacial score (nSPS) is 13.7. The van der Waals surface area contributed by atoms with Crippen molar-refractivity contribution in [3.05, 3.63) is 65.5 Å². The second kappa shape index (κ2) is 8.70. The molecule has 0 saturated heterocycles. The van der Waals surface area contributed by atoms with Gasteiger partial charge in [0.05, 0.1) is 19.9 Å². The third-order valence-electron chi connectivity index (χ3n) is 5.36. The van der Waals surface area contributed by atoms with Crippen LogP contribution in [-0.2, 0) is 13.1 Å². The van der Waals surface area contributed by atoms with Crippen LogP contribution in [0.2, 0.25) is 0 Å². The van der Waals surface area contributed by atoms with E-state index in [1.807, 2.05) is 25.1 Å². The molecule has 5 nitrogen and oxygen atoms in total. The first-order valence-corrected chi connectivity index (χ1v) is 10.1. The lowest BCUT2D eigenvalue weighted by Crippen LogP contribution is -2.25. The van der Waals surface area contributed by atoms with Crippen molar-refractivity contribution in [3.63, 3.8) is 0 Å². The van der Waals surface area contributed by atoms with Crippen molar-refractivity contribution in [2.75, 3.05) is 20.8 Å². The molecule has 0 atom stereocenters. The van der Waals surface area contributed by atoms with Crippen molar-refractivity contribution < 1.29 is 13.9 Å². The van der Waals surface area contributed by atoms with E-state index in [2.05, 4.69) is 35.2 Å². The van der Waals surface area contributed by atoms with E-state index < -0.39 is 0 Å². The lowest BCUT2D eigenvalue weighted by molar-refractivity contribution is 0.242. The van der Waals surface area contributed by atoms with Gasteiger partial charge in [-0.05, 0) is 49.4 Å². The largest absolute Gasteiger partial charge is 0.493 e. The van der Waals surface area contributed by atoms with E-state index >= 15 is 0 Å². The van der Waals surface area contributed by atoms with Gasteiger partial charge in [0.1, 0.15) is 5.76 Å². The van der Waals surface area contributed by atoms with Crippen LogP contribution in [0.1, 0.15) is 29.9 Å². The molecule has 1 aliphatic rings. The third-order valence-corrected chi connectivity index (χ3v) is 5.36. The van der Waals surface area contributed by atoms with Crippen molar-refractivity contribution in [2.24, 2.45) is 5.92 Å². The van der Waals surface area contributed by atoms with Gasteiger partial charge in [0.15, 0.2) is 11.5 Å². The molecule has 1 fully saturated rings. The Hall–Kier alpha value is -2.79. The molecule has 1 heterocycles. The number of rotatable bonds is 9. The number of hydrogen-bond acceptors (Lipinski definition) is 5. The molecule has 4 rings (SSSR count). The van der Waals surface area contributed by atoms with Crippen molar-refractivity contribution in [2.45, 2.75) is 32.9 Å². The molecule has 1 aliphatic carbocycles. The first-order valence-electron chi connectivity index (χ1n) is 10.1. The lowest BCUT2D eigenvalue weighted by atomic mass is 10.2. The minimum Gasteiger partial charge on any atom is -0.493 e. The first-order chi connectivity index (χ1) is 14.2. The summed E-state index contributed by atoms with van der Waals surface area (Å²) in [6, 6.07) is 16.4. The monoisotopic (exact) mass is 392 g/mol. The summed E-state index contributed by atoms with van der Waals surface area (Å²) in [5, 5.41) is 0. The minimum atomic E-state index is 0.615. The lowest BCUT2D eigenvalue weighted by Gasteiger charge is -2.21. The van der Waals surface area contributed by atoms with Crippen molar-refractivity contribution >= 4 is 0 Å². The van der Waals surface area contributed by atoms with Gasteiger partial charge in [-0.1, -0.05) is 30.3 Å². The summed E-state index contributed by atoms with van der Waals surface area (Å²) >= 11 is 0. The summed E-state index contributed by atoms with van der Waals surface area (Å²) in [4.78, 5) is 7.30. The number of ether oxygens (including phenoxy) is 2. The quantitative estimate of drug-likeness (QED) is 0.508. The molecule has 0 radical (unpaired) electrons. The summed E-state index contributed by atoms with van der Waals surface area (Å²) in [6.45, 7) is 4.81. The van der Waals surface area contributed by atoms with Gasteiger partial charge in [0, 0.05) is 25.2 Å². The third kappa shape index (κ3) is 4.80. The van der Waals surface area contributed by atoms with Gasteiger partial charge in [0.2, 0.25) is 5.89 Å². The van der Waals surface area contributed by atoms with E-state index in [0.29, 0.717) is 17.4 Å². The highest BCUT2D eigenvalue weighted by atomic mass is 16.5. The molecule has 0 spiro atoms. The van der Waals surface area contributed by atoms with Gasteiger partial charge < -0.3 is 13.9 Å². The maximum atomic E-state index is 6.01. The molecule has 0 aliphatic heterocycles. The van der Waals surface area contributed by atoms with Crippen LogP contribution in [0.15, 0.2) is 52.9 Å². The second-order valence-corrected chi connectivity index (χ2v) is 7.69. The van der Waals surface area contributed by atoms with Crippen LogP contribution >= 0.6 is 0 Å². The molecule has 3 aromatic rings. The second-order valence-electron chi connectivity index (χ2n) is 7.69. The SMILES string of the molecule is COc1ccc(-c2nc(CN(Cc3ccccc3)CC3CC3)c(C)o2)cc1OC. The maximum Gasteiger partial charge on any atom is 0.226 e. The Morgan fingerprint density at radius 2 is 1.76 bits per heavy atom.